The van der Waals surface area contributed by atoms with Crippen LogP contribution in [0.15, 0.2) is 57.9 Å². The van der Waals surface area contributed by atoms with Crippen LogP contribution in [-0.2, 0) is 0 Å². The summed E-state index contributed by atoms with van der Waals surface area (Å²) in [6.07, 6.45) is 3.89. The van der Waals surface area contributed by atoms with Gasteiger partial charge in [-0.05, 0) is 30.2 Å². The first-order valence-corrected chi connectivity index (χ1v) is 11.0. The molecule has 1 atom stereocenters. The van der Waals surface area contributed by atoms with Crippen molar-refractivity contribution in [2.75, 3.05) is 12.0 Å². The zero-order chi connectivity index (χ0) is 19.0. The molecule has 2 N–H and O–H groups in total. The second-order valence-electron chi connectivity index (χ2n) is 6.17. The Morgan fingerprint density at radius 3 is 2.70 bits per heavy atom. The van der Waals surface area contributed by atoms with Gasteiger partial charge >= 0.3 is 0 Å². The van der Waals surface area contributed by atoms with Crippen LogP contribution in [0.2, 0.25) is 0 Å². The van der Waals surface area contributed by atoms with Crippen molar-refractivity contribution < 1.29 is 0 Å². The maximum absolute atomic E-state index is 6.03. The number of thiol groups is 1. The monoisotopic (exact) mass is 410 g/mol. The highest BCUT2D eigenvalue weighted by Crippen LogP contribution is 2.36. The van der Waals surface area contributed by atoms with Crippen LogP contribution in [0.5, 0.6) is 0 Å². The van der Waals surface area contributed by atoms with E-state index >= 15 is 0 Å². The first kappa shape index (κ1) is 18.3. The Morgan fingerprint density at radius 1 is 1.19 bits per heavy atom. The van der Waals surface area contributed by atoms with Crippen molar-refractivity contribution in [3.05, 3.63) is 59.5 Å². The molecule has 4 nitrogen and oxygen atoms in total. The second-order valence-corrected chi connectivity index (χ2v) is 8.32. The third-order valence-corrected chi connectivity index (χ3v) is 6.69. The van der Waals surface area contributed by atoms with Gasteiger partial charge in [0.1, 0.15) is 16.7 Å². The predicted molar refractivity (Wildman–Crippen MR) is 118 cm³/mol. The SMILES string of the molecule is CSc1nc(C(C)c2cc3c(-c4ccccc4)csc3cn2)nc(N)c1S. The molecule has 4 rings (SSSR count). The van der Waals surface area contributed by atoms with Crippen LogP contribution in [0, 0.1) is 0 Å². The van der Waals surface area contributed by atoms with Crippen LogP contribution < -0.4 is 5.73 Å². The minimum atomic E-state index is -0.0694. The zero-order valence-electron chi connectivity index (χ0n) is 14.9. The lowest BCUT2D eigenvalue weighted by Crippen LogP contribution is -2.08. The van der Waals surface area contributed by atoms with Gasteiger partial charge in [-0.2, -0.15) is 0 Å². The van der Waals surface area contributed by atoms with Crippen LogP contribution in [0.1, 0.15) is 24.4 Å². The average Bonchev–Trinajstić information content (AvgIpc) is 3.13. The van der Waals surface area contributed by atoms with Crippen molar-refractivity contribution in [3.63, 3.8) is 0 Å². The highest BCUT2D eigenvalue weighted by molar-refractivity contribution is 7.99. The fraction of sp³-hybridized carbons (Fsp3) is 0.150. The second kappa shape index (κ2) is 7.50. The third-order valence-electron chi connectivity index (χ3n) is 4.49. The average molecular weight is 411 g/mol. The maximum Gasteiger partial charge on any atom is 0.141 e. The number of fused-ring (bicyclic) bond motifs is 1. The number of nitrogens with two attached hydrogens (primary N) is 1. The van der Waals surface area contributed by atoms with Gasteiger partial charge in [-0.25, -0.2) is 9.97 Å². The number of nitrogen functional groups attached to an aromatic ring is 1. The zero-order valence-corrected chi connectivity index (χ0v) is 17.4. The number of aromatic nitrogens is 3. The van der Waals surface area contributed by atoms with E-state index in [1.165, 1.54) is 33.0 Å². The summed E-state index contributed by atoms with van der Waals surface area (Å²) in [5.74, 6) is 0.999. The molecule has 0 spiro atoms. The molecule has 0 amide bonds. The molecule has 0 aliphatic carbocycles. The van der Waals surface area contributed by atoms with Gasteiger partial charge in [-0.15, -0.1) is 35.7 Å². The van der Waals surface area contributed by atoms with E-state index < -0.39 is 0 Å². The van der Waals surface area contributed by atoms with E-state index in [0.29, 0.717) is 16.5 Å². The van der Waals surface area contributed by atoms with Crippen LogP contribution in [0.3, 0.4) is 0 Å². The van der Waals surface area contributed by atoms with Crippen LogP contribution in [0.25, 0.3) is 21.2 Å². The van der Waals surface area contributed by atoms with Crippen LogP contribution in [-0.4, -0.2) is 21.2 Å². The quantitative estimate of drug-likeness (QED) is 0.264. The Bertz CT molecular complexity index is 1110. The van der Waals surface area contributed by atoms with Crippen molar-refractivity contribution in [2.45, 2.75) is 22.8 Å². The summed E-state index contributed by atoms with van der Waals surface area (Å²) >= 11 is 7.63. The Hall–Kier alpha value is -2.09. The molecule has 1 aromatic carbocycles. The molecule has 0 bridgehead atoms. The Balaban J connectivity index is 1.79. The molecule has 3 aromatic heterocycles. The number of hydrogen-bond acceptors (Lipinski definition) is 7. The lowest BCUT2D eigenvalue weighted by molar-refractivity contribution is 0.756. The molecule has 1 unspecified atom stereocenters. The van der Waals surface area contributed by atoms with Crippen molar-refractivity contribution in [1.29, 1.82) is 0 Å². The standard InChI is InChI=1S/C20H18N4S3/c1-11(19-23-18(21)17(25)20(24-19)26-2)15-8-13-14(10-27-16(13)9-22-15)12-6-4-3-5-7-12/h3-11,25H,1-2H3,(H2,21,23,24). The summed E-state index contributed by atoms with van der Waals surface area (Å²) in [5, 5.41) is 4.17. The lowest BCUT2D eigenvalue weighted by Gasteiger charge is -2.13. The first-order valence-electron chi connectivity index (χ1n) is 8.41. The highest BCUT2D eigenvalue weighted by atomic mass is 32.2. The van der Waals surface area contributed by atoms with Gasteiger partial charge < -0.3 is 5.73 Å². The largest absolute Gasteiger partial charge is 0.383 e. The van der Waals surface area contributed by atoms with Gasteiger partial charge in [0.25, 0.3) is 0 Å². The van der Waals surface area contributed by atoms with Crippen molar-refractivity contribution >= 4 is 51.6 Å². The van der Waals surface area contributed by atoms with Crippen LogP contribution >= 0.6 is 35.7 Å². The molecule has 0 saturated heterocycles. The molecule has 0 saturated carbocycles. The van der Waals surface area contributed by atoms with E-state index in [0.717, 1.165) is 10.7 Å². The maximum atomic E-state index is 6.03. The molecule has 0 aliphatic rings. The molecular weight excluding hydrogens is 392 g/mol. The number of rotatable bonds is 4. The van der Waals surface area contributed by atoms with E-state index in [9.17, 15) is 0 Å². The summed E-state index contributed by atoms with van der Waals surface area (Å²) < 4.78 is 1.17. The predicted octanol–water partition coefficient (Wildman–Crippen LogP) is 5.50. The summed E-state index contributed by atoms with van der Waals surface area (Å²) in [6.45, 7) is 2.06. The topological polar surface area (TPSA) is 64.7 Å². The number of nitrogens with zero attached hydrogens (tertiary/aromatic N) is 3. The van der Waals surface area contributed by atoms with Crippen LogP contribution in [0.4, 0.5) is 5.82 Å². The fourth-order valence-electron chi connectivity index (χ4n) is 2.96. The first-order chi connectivity index (χ1) is 13.1. The molecule has 27 heavy (non-hydrogen) atoms. The van der Waals surface area contributed by atoms with E-state index in [4.69, 9.17) is 5.73 Å². The molecule has 4 aromatic rings. The van der Waals surface area contributed by atoms with Crippen molar-refractivity contribution in [3.8, 4) is 11.1 Å². The van der Waals surface area contributed by atoms with Gasteiger partial charge in [-0.1, -0.05) is 30.3 Å². The van der Waals surface area contributed by atoms with E-state index in [1.807, 2.05) is 18.5 Å². The van der Waals surface area contributed by atoms with Gasteiger partial charge in [0.15, 0.2) is 0 Å². The third kappa shape index (κ3) is 3.42. The van der Waals surface area contributed by atoms with E-state index in [2.05, 4.69) is 70.2 Å². The number of anilines is 1. The Morgan fingerprint density at radius 2 is 1.96 bits per heavy atom. The summed E-state index contributed by atoms with van der Waals surface area (Å²) in [5.41, 5.74) is 9.39. The Labute approximate surface area is 171 Å². The molecule has 7 heteroatoms. The minimum Gasteiger partial charge on any atom is -0.383 e. The van der Waals surface area contributed by atoms with E-state index in [-0.39, 0.29) is 5.92 Å². The van der Waals surface area contributed by atoms with Gasteiger partial charge in [0.05, 0.1) is 21.2 Å². The normalized spacial score (nSPS) is 12.4. The molecule has 0 radical (unpaired) electrons. The number of thioether (sulfide) groups is 1. The molecule has 3 heterocycles. The summed E-state index contributed by atoms with van der Waals surface area (Å²) in [7, 11) is 0. The molecule has 0 aliphatic heterocycles. The summed E-state index contributed by atoms with van der Waals surface area (Å²) in [4.78, 5) is 14.4. The van der Waals surface area contributed by atoms with Gasteiger partial charge in [0.2, 0.25) is 0 Å². The minimum absolute atomic E-state index is 0.0694. The molecular formula is C20H18N4S3. The smallest absolute Gasteiger partial charge is 0.141 e. The Kier molecular flexibility index (Phi) is 5.08. The highest BCUT2D eigenvalue weighted by Gasteiger charge is 2.18. The molecule has 0 fully saturated rings. The lowest BCUT2D eigenvalue weighted by atomic mass is 10.0. The van der Waals surface area contributed by atoms with E-state index in [1.54, 1.807) is 11.3 Å². The van der Waals surface area contributed by atoms with Crippen molar-refractivity contribution in [1.82, 2.24) is 15.0 Å². The molecule has 136 valence electrons. The summed E-state index contributed by atoms with van der Waals surface area (Å²) in [6, 6.07) is 12.6. The number of pyridine rings is 1. The van der Waals surface area contributed by atoms with Crippen molar-refractivity contribution in [2.24, 2.45) is 0 Å². The fourth-order valence-corrected chi connectivity index (χ4v) is 4.74. The van der Waals surface area contributed by atoms with Gasteiger partial charge in [0, 0.05) is 17.1 Å². The number of hydrogen-bond donors (Lipinski definition) is 2. The number of benzene rings is 1. The van der Waals surface area contributed by atoms with Gasteiger partial charge in [-0.3, -0.25) is 4.98 Å². The number of thiophene rings is 1.